The average molecular weight is 423 g/mol. The Morgan fingerprint density at radius 1 is 0.485 bits per heavy atom. The predicted molar refractivity (Wildman–Crippen MR) is 138 cm³/mol. The zero-order valence-corrected chi connectivity index (χ0v) is 18.4. The average Bonchev–Trinajstić information content (AvgIpc) is 2.88. The van der Waals surface area contributed by atoms with Gasteiger partial charge in [-0.2, -0.15) is 0 Å². The zero-order chi connectivity index (χ0) is 22.2. The Balaban J connectivity index is 1.66. The van der Waals surface area contributed by atoms with Crippen LogP contribution >= 0.6 is 0 Å². The van der Waals surface area contributed by atoms with Gasteiger partial charge in [-0.25, -0.2) is 9.97 Å². The van der Waals surface area contributed by atoms with Gasteiger partial charge in [-0.15, -0.1) is 0 Å². The molecule has 33 heavy (non-hydrogen) atoms. The molecule has 2 nitrogen and oxygen atoms in total. The second-order valence-electron chi connectivity index (χ2n) is 8.38. The number of hydrogen-bond acceptors (Lipinski definition) is 2. The Morgan fingerprint density at radius 2 is 1.00 bits per heavy atom. The van der Waals surface area contributed by atoms with Gasteiger partial charge in [0.2, 0.25) is 0 Å². The summed E-state index contributed by atoms with van der Waals surface area (Å²) in [4.78, 5) is 10.1. The highest BCUT2D eigenvalue weighted by atomic mass is 14.9. The molecule has 0 saturated heterocycles. The molecule has 0 amide bonds. The number of hydrogen-bond donors (Lipinski definition) is 0. The van der Waals surface area contributed by atoms with Crippen molar-refractivity contribution >= 4 is 21.5 Å². The first-order chi connectivity index (χ1) is 16.3. The lowest BCUT2D eigenvalue weighted by molar-refractivity contribution is 1.18. The first-order valence-electron chi connectivity index (χ1n) is 11.2. The molecule has 0 unspecified atom stereocenters. The van der Waals surface area contributed by atoms with E-state index in [0.29, 0.717) is 0 Å². The zero-order valence-electron chi connectivity index (χ0n) is 18.4. The number of aryl methyl sites for hydroxylation is 1. The second kappa shape index (κ2) is 7.99. The van der Waals surface area contributed by atoms with E-state index < -0.39 is 0 Å². The topological polar surface area (TPSA) is 25.8 Å². The van der Waals surface area contributed by atoms with Crippen LogP contribution < -0.4 is 0 Å². The van der Waals surface area contributed by atoms with Crippen LogP contribution in [0, 0.1) is 6.92 Å². The minimum Gasteiger partial charge on any atom is -0.228 e. The molecule has 0 saturated carbocycles. The molecule has 5 aromatic carbocycles. The molecule has 1 aromatic heterocycles. The van der Waals surface area contributed by atoms with Crippen molar-refractivity contribution in [1.29, 1.82) is 0 Å². The normalized spacial score (nSPS) is 11.2. The molecule has 0 aliphatic carbocycles. The molecule has 0 radical (unpaired) electrons. The minimum absolute atomic E-state index is 0.743. The Labute approximate surface area is 193 Å². The molecule has 0 spiro atoms. The summed E-state index contributed by atoms with van der Waals surface area (Å²) in [5.41, 5.74) is 6.32. The summed E-state index contributed by atoms with van der Waals surface area (Å²) < 4.78 is 0. The molecule has 1 heterocycles. The van der Waals surface area contributed by atoms with Crippen LogP contribution in [0.15, 0.2) is 115 Å². The van der Waals surface area contributed by atoms with Crippen molar-refractivity contribution in [2.24, 2.45) is 0 Å². The largest absolute Gasteiger partial charge is 0.228 e. The predicted octanol–water partition coefficient (Wildman–Crippen LogP) is 8.09. The third-order valence-electron chi connectivity index (χ3n) is 6.13. The van der Waals surface area contributed by atoms with Crippen LogP contribution in [0.25, 0.3) is 55.4 Å². The molecule has 0 N–H and O–H groups in total. The van der Waals surface area contributed by atoms with Gasteiger partial charge in [0.05, 0.1) is 11.4 Å². The molecule has 6 rings (SSSR count). The minimum atomic E-state index is 0.743. The Bertz CT molecular complexity index is 1520. The van der Waals surface area contributed by atoms with E-state index in [9.17, 15) is 0 Å². The van der Waals surface area contributed by atoms with Crippen LogP contribution in [-0.2, 0) is 0 Å². The summed E-state index contributed by atoms with van der Waals surface area (Å²) in [7, 11) is 0. The van der Waals surface area contributed by atoms with Crippen molar-refractivity contribution in [3.8, 4) is 33.9 Å². The van der Waals surface area contributed by atoms with Gasteiger partial charge in [0.1, 0.15) is 0 Å². The van der Waals surface area contributed by atoms with E-state index in [2.05, 4.69) is 122 Å². The third-order valence-corrected chi connectivity index (χ3v) is 6.13. The maximum absolute atomic E-state index is 5.06. The lowest BCUT2D eigenvalue weighted by Gasteiger charge is -2.13. The highest BCUT2D eigenvalue weighted by Crippen LogP contribution is 2.34. The van der Waals surface area contributed by atoms with Gasteiger partial charge in [-0.1, -0.05) is 109 Å². The molecule has 6 aromatic rings. The van der Waals surface area contributed by atoms with Crippen molar-refractivity contribution in [2.45, 2.75) is 6.92 Å². The monoisotopic (exact) mass is 422 g/mol. The molecule has 0 aliphatic rings. The molecular formula is C31H22N2. The maximum atomic E-state index is 5.06. The molecule has 0 fully saturated rings. The van der Waals surface area contributed by atoms with Gasteiger partial charge in [-0.05, 0) is 40.6 Å². The highest BCUT2D eigenvalue weighted by Gasteiger charge is 2.14. The molecule has 0 atom stereocenters. The van der Waals surface area contributed by atoms with E-state index in [1.807, 2.05) is 0 Å². The maximum Gasteiger partial charge on any atom is 0.160 e. The van der Waals surface area contributed by atoms with Crippen LogP contribution in [-0.4, -0.2) is 9.97 Å². The van der Waals surface area contributed by atoms with Gasteiger partial charge in [0.15, 0.2) is 5.82 Å². The lowest BCUT2D eigenvalue weighted by atomic mass is 9.98. The van der Waals surface area contributed by atoms with E-state index in [4.69, 9.17) is 9.97 Å². The van der Waals surface area contributed by atoms with Gasteiger partial charge in [0.25, 0.3) is 0 Å². The Hall–Kier alpha value is -4.30. The van der Waals surface area contributed by atoms with Gasteiger partial charge < -0.3 is 0 Å². The number of benzene rings is 5. The quantitative estimate of drug-likeness (QED) is 0.288. The van der Waals surface area contributed by atoms with Crippen LogP contribution in [0.3, 0.4) is 0 Å². The third kappa shape index (κ3) is 3.56. The van der Waals surface area contributed by atoms with Crippen LogP contribution in [0.5, 0.6) is 0 Å². The summed E-state index contributed by atoms with van der Waals surface area (Å²) >= 11 is 0. The molecule has 2 heteroatoms. The van der Waals surface area contributed by atoms with E-state index in [-0.39, 0.29) is 0 Å². The summed E-state index contributed by atoms with van der Waals surface area (Å²) in [5, 5.41) is 4.80. The number of fused-ring (bicyclic) bond motifs is 2. The number of rotatable bonds is 3. The van der Waals surface area contributed by atoms with E-state index in [1.165, 1.54) is 27.1 Å². The Morgan fingerprint density at radius 3 is 1.58 bits per heavy atom. The van der Waals surface area contributed by atoms with E-state index >= 15 is 0 Å². The van der Waals surface area contributed by atoms with E-state index in [0.717, 1.165) is 33.9 Å². The fourth-order valence-corrected chi connectivity index (χ4v) is 4.53. The van der Waals surface area contributed by atoms with Crippen LogP contribution in [0.4, 0.5) is 0 Å². The first-order valence-corrected chi connectivity index (χ1v) is 11.2. The number of aromatic nitrogens is 2. The van der Waals surface area contributed by atoms with E-state index in [1.54, 1.807) is 0 Å². The van der Waals surface area contributed by atoms with Crippen molar-refractivity contribution in [2.75, 3.05) is 0 Å². The summed E-state index contributed by atoms with van der Waals surface area (Å²) in [6.07, 6.45) is 0. The standard InChI is InChI=1S/C31H22N2/c1-21-9-6-14-24(19-21)31-32-29(27-17-7-12-22-10-2-4-15-25(22)27)20-30(33-31)28-18-8-13-23-11-3-5-16-26(23)28/h2-20H,1H3. The SMILES string of the molecule is Cc1cccc(-c2nc(-c3cccc4ccccc34)cc(-c3cccc4ccccc34)n2)c1. The summed E-state index contributed by atoms with van der Waals surface area (Å²) in [6, 6.07) is 40.3. The fraction of sp³-hybridized carbons (Fsp3) is 0.0323. The molecule has 156 valence electrons. The number of nitrogens with zero attached hydrogens (tertiary/aromatic N) is 2. The molecular weight excluding hydrogens is 400 g/mol. The van der Waals surface area contributed by atoms with Crippen molar-refractivity contribution in [3.63, 3.8) is 0 Å². The van der Waals surface area contributed by atoms with Gasteiger partial charge in [0, 0.05) is 16.7 Å². The van der Waals surface area contributed by atoms with Crippen molar-refractivity contribution < 1.29 is 0 Å². The lowest BCUT2D eigenvalue weighted by Crippen LogP contribution is -1.97. The van der Waals surface area contributed by atoms with Gasteiger partial charge in [-0.3, -0.25) is 0 Å². The first kappa shape index (κ1) is 19.4. The summed E-state index contributed by atoms with van der Waals surface area (Å²) in [5.74, 6) is 0.743. The molecule has 0 aliphatic heterocycles. The van der Waals surface area contributed by atoms with Crippen LogP contribution in [0.1, 0.15) is 5.56 Å². The summed E-state index contributed by atoms with van der Waals surface area (Å²) in [6.45, 7) is 2.10. The highest BCUT2D eigenvalue weighted by molar-refractivity contribution is 5.99. The molecule has 0 bridgehead atoms. The van der Waals surface area contributed by atoms with Crippen molar-refractivity contribution in [1.82, 2.24) is 9.97 Å². The van der Waals surface area contributed by atoms with Crippen molar-refractivity contribution in [3.05, 3.63) is 121 Å². The van der Waals surface area contributed by atoms with Crippen LogP contribution in [0.2, 0.25) is 0 Å². The Kier molecular flexibility index (Phi) is 4.70. The van der Waals surface area contributed by atoms with Gasteiger partial charge >= 0.3 is 0 Å². The second-order valence-corrected chi connectivity index (χ2v) is 8.38. The fourth-order valence-electron chi connectivity index (χ4n) is 4.53. The smallest absolute Gasteiger partial charge is 0.160 e.